The average molecular weight is 158 g/mol. The minimum Gasteiger partial charge on any atom is -0.314 e. The number of rotatable bonds is 6. The molecule has 2 nitrogen and oxygen atoms in total. The summed E-state index contributed by atoms with van der Waals surface area (Å²) in [5.41, 5.74) is 10.8. The number of unbranched alkanes of at least 4 members (excludes halogenated alkanes) is 4. The zero-order valence-electron chi connectivity index (χ0n) is 7.90. The summed E-state index contributed by atoms with van der Waals surface area (Å²) in [7, 11) is 0. The lowest BCUT2D eigenvalue weighted by atomic mass is 10.0. The highest BCUT2D eigenvalue weighted by atomic mass is 14.9. The molecule has 0 bridgehead atoms. The van der Waals surface area contributed by atoms with Crippen molar-refractivity contribution >= 4 is 0 Å². The van der Waals surface area contributed by atoms with Crippen molar-refractivity contribution in [2.75, 3.05) is 0 Å². The second-order valence-electron chi connectivity index (χ2n) is 3.67. The van der Waals surface area contributed by atoms with E-state index in [-0.39, 0.29) is 0 Å². The molecule has 0 fully saturated rings. The summed E-state index contributed by atoms with van der Waals surface area (Å²) in [5.74, 6) is 0. The van der Waals surface area contributed by atoms with Crippen LogP contribution in [0.1, 0.15) is 52.4 Å². The molecule has 0 amide bonds. The fraction of sp³-hybridized carbons (Fsp3) is 1.00. The molecule has 0 aliphatic heterocycles. The third-order valence-electron chi connectivity index (χ3n) is 1.82. The summed E-state index contributed by atoms with van der Waals surface area (Å²) in [6, 6.07) is 0. The molecular formula is C9H22N2. The smallest absolute Gasteiger partial charge is 0.0607 e. The molecule has 4 N–H and O–H groups in total. The van der Waals surface area contributed by atoms with Crippen LogP contribution in [0.15, 0.2) is 0 Å². The molecule has 11 heavy (non-hydrogen) atoms. The predicted molar refractivity (Wildman–Crippen MR) is 50.2 cm³/mol. The van der Waals surface area contributed by atoms with Gasteiger partial charge in [0, 0.05) is 0 Å². The average Bonchev–Trinajstić information content (AvgIpc) is 1.85. The van der Waals surface area contributed by atoms with Crippen LogP contribution in [-0.2, 0) is 0 Å². The van der Waals surface area contributed by atoms with Crippen LogP contribution < -0.4 is 11.5 Å². The Labute approximate surface area is 70.3 Å². The Balaban J connectivity index is 3.02. The number of nitrogens with two attached hydrogens (primary N) is 2. The molecule has 0 unspecified atom stereocenters. The van der Waals surface area contributed by atoms with Crippen molar-refractivity contribution in [3.05, 3.63) is 0 Å². The lowest BCUT2D eigenvalue weighted by Crippen LogP contribution is -2.45. The highest BCUT2D eigenvalue weighted by molar-refractivity contribution is 4.68. The summed E-state index contributed by atoms with van der Waals surface area (Å²) >= 11 is 0. The van der Waals surface area contributed by atoms with Crippen LogP contribution in [0.3, 0.4) is 0 Å². The van der Waals surface area contributed by atoms with Crippen molar-refractivity contribution in [2.24, 2.45) is 11.5 Å². The van der Waals surface area contributed by atoms with Gasteiger partial charge in [-0.05, 0) is 13.3 Å². The highest BCUT2D eigenvalue weighted by Crippen LogP contribution is 2.08. The molecular weight excluding hydrogens is 136 g/mol. The van der Waals surface area contributed by atoms with Crippen LogP contribution in [-0.4, -0.2) is 5.66 Å². The van der Waals surface area contributed by atoms with Crippen LogP contribution in [0, 0.1) is 0 Å². The molecule has 0 aromatic heterocycles. The molecule has 0 radical (unpaired) electrons. The van der Waals surface area contributed by atoms with E-state index in [0.29, 0.717) is 0 Å². The van der Waals surface area contributed by atoms with Crippen LogP contribution in [0.4, 0.5) is 0 Å². The Morgan fingerprint density at radius 2 is 1.55 bits per heavy atom. The standard InChI is InChI=1S/C9H22N2/c1-3-4-5-6-7-8-9(2,10)11/h3-8,10-11H2,1-2H3. The van der Waals surface area contributed by atoms with Gasteiger partial charge in [-0.25, -0.2) is 0 Å². The third kappa shape index (κ3) is 9.92. The van der Waals surface area contributed by atoms with Gasteiger partial charge in [-0.15, -0.1) is 0 Å². The second kappa shape index (κ2) is 5.56. The quantitative estimate of drug-likeness (QED) is 0.459. The molecule has 2 heteroatoms. The van der Waals surface area contributed by atoms with Crippen LogP contribution >= 0.6 is 0 Å². The zero-order valence-corrected chi connectivity index (χ0v) is 7.90. The molecule has 68 valence electrons. The normalized spacial score (nSPS) is 12.0. The van der Waals surface area contributed by atoms with E-state index in [1.54, 1.807) is 0 Å². The van der Waals surface area contributed by atoms with E-state index >= 15 is 0 Å². The Morgan fingerprint density at radius 3 is 2.00 bits per heavy atom. The molecule has 0 aromatic rings. The summed E-state index contributed by atoms with van der Waals surface area (Å²) < 4.78 is 0. The Bertz CT molecular complexity index is 84.1. The summed E-state index contributed by atoms with van der Waals surface area (Å²) in [4.78, 5) is 0. The van der Waals surface area contributed by atoms with Gasteiger partial charge in [0.1, 0.15) is 0 Å². The topological polar surface area (TPSA) is 52.0 Å². The first-order valence-electron chi connectivity index (χ1n) is 4.64. The second-order valence-corrected chi connectivity index (χ2v) is 3.67. The largest absolute Gasteiger partial charge is 0.314 e. The zero-order chi connectivity index (χ0) is 8.74. The minimum atomic E-state index is -0.452. The van der Waals surface area contributed by atoms with Gasteiger partial charge in [-0.3, -0.25) is 0 Å². The molecule has 0 aromatic carbocycles. The third-order valence-corrected chi connectivity index (χ3v) is 1.82. The van der Waals surface area contributed by atoms with E-state index in [2.05, 4.69) is 6.92 Å². The molecule has 0 atom stereocenters. The van der Waals surface area contributed by atoms with Crippen LogP contribution in [0.5, 0.6) is 0 Å². The molecule has 0 aliphatic rings. The number of hydrogen-bond acceptors (Lipinski definition) is 2. The van der Waals surface area contributed by atoms with Gasteiger partial charge in [0.2, 0.25) is 0 Å². The number of hydrogen-bond donors (Lipinski definition) is 2. The van der Waals surface area contributed by atoms with Gasteiger partial charge in [-0.1, -0.05) is 39.0 Å². The van der Waals surface area contributed by atoms with Crippen LogP contribution in [0.2, 0.25) is 0 Å². The Morgan fingerprint density at radius 1 is 1.00 bits per heavy atom. The van der Waals surface area contributed by atoms with Gasteiger partial charge in [0.05, 0.1) is 5.66 Å². The fourth-order valence-electron chi connectivity index (χ4n) is 1.11. The maximum Gasteiger partial charge on any atom is 0.0607 e. The SMILES string of the molecule is CCCCCCCC(C)(N)N. The highest BCUT2D eigenvalue weighted by Gasteiger charge is 2.08. The van der Waals surface area contributed by atoms with Gasteiger partial charge in [0.25, 0.3) is 0 Å². The van der Waals surface area contributed by atoms with E-state index in [9.17, 15) is 0 Å². The summed E-state index contributed by atoms with van der Waals surface area (Å²) in [6.07, 6.45) is 7.35. The van der Waals surface area contributed by atoms with E-state index < -0.39 is 5.66 Å². The molecule has 0 saturated carbocycles. The van der Waals surface area contributed by atoms with Gasteiger partial charge >= 0.3 is 0 Å². The van der Waals surface area contributed by atoms with Crippen molar-refractivity contribution in [1.29, 1.82) is 0 Å². The van der Waals surface area contributed by atoms with Crippen molar-refractivity contribution < 1.29 is 0 Å². The first-order chi connectivity index (χ1) is 5.06. The summed E-state index contributed by atoms with van der Waals surface area (Å²) in [5, 5.41) is 0. The molecule has 0 saturated heterocycles. The van der Waals surface area contributed by atoms with Gasteiger partial charge in [0.15, 0.2) is 0 Å². The molecule has 0 heterocycles. The van der Waals surface area contributed by atoms with E-state index in [0.717, 1.165) is 6.42 Å². The maximum atomic E-state index is 5.63. The van der Waals surface area contributed by atoms with Crippen molar-refractivity contribution in [3.63, 3.8) is 0 Å². The maximum absolute atomic E-state index is 5.63. The summed E-state index contributed by atoms with van der Waals surface area (Å²) in [6.45, 7) is 4.10. The predicted octanol–water partition coefficient (Wildman–Crippen LogP) is 1.98. The lowest BCUT2D eigenvalue weighted by molar-refractivity contribution is 0.422. The fourth-order valence-corrected chi connectivity index (χ4v) is 1.11. The van der Waals surface area contributed by atoms with E-state index in [1.807, 2.05) is 6.92 Å². The molecule has 0 aliphatic carbocycles. The monoisotopic (exact) mass is 158 g/mol. The van der Waals surface area contributed by atoms with Gasteiger partial charge in [-0.2, -0.15) is 0 Å². The van der Waals surface area contributed by atoms with Gasteiger partial charge < -0.3 is 11.5 Å². The molecule has 0 spiro atoms. The van der Waals surface area contributed by atoms with Crippen molar-refractivity contribution in [2.45, 2.75) is 58.0 Å². The first-order valence-corrected chi connectivity index (χ1v) is 4.64. The Hall–Kier alpha value is -0.0800. The van der Waals surface area contributed by atoms with Crippen molar-refractivity contribution in [1.82, 2.24) is 0 Å². The van der Waals surface area contributed by atoms with Crippen molar-refractivity contribution in [3.8, 4) is 0 Å². The van der Waals surface area contributed by atoms with E-state index in [1.165, 1.54) is 32.1 Å². The minimum absolute atomic E-state index is 0.452. The lowest BCUT2D eigenvalue weighted by Gasteiger charge is -2.17. The van der Waals surface area contributed by atoms with Crippen LogP contribution in [0.25, 0.3) is 0 Å². The first kappa shape index (κ1) is 10.9. The Kier molecular flexibility index (Phi) is 5.51. The van der Waals surface area contributed by atoms with E-state index in [4.69, 9.17) is 11.5 Å². The molecule has 0 rings (SSSR count).